The Kier molecular flexibility index (Phi) is 10.5. The fourth-order valence-electron chi connectivity index (χ4n) is 11.9. The molecule has 4 aromatic heterocycles. The summed E-state index contributed by atoms with van der Waals surface area (Å²) in [5.41, 5.74) is 20.6. The Balaban J connectivity index is 1.02. The highest BCUT2D eigenvalue weighted by molar-refractivity contribution is 6.10. The van der Waals surface area contributed by atoms with Gasteiger partial charge in [-0.25, -0.2) is 4.98 Å². The Morgan fingerprint density at radius 3 is 1.85 bits per heavy atom. The highest BCUT2D eigenvalue weighted by Crippen LogP contribution is 2.48. The van der Waals surface area contributed by atoms with Crippen molar-refractivity contribution in [2.75, 3.05) is 0 Å². The van der Waals surface area contributed by atoms with Crippen molar-refractivity contribution >= 4 is 54.8 Å². The van der Waals surface area contributed by atoms with Crippen molar-refractivity contribution in [3.8, 4) is 73.2 Å². The van der Waals surface area contributed by atoms with Gasteiger partial charge in [0, 0.05) is 33.8 Å². The van der Waals surface area contributed by atoms with Crippen LogP contribution in [-0.2, 0) is 16.2 Å². The fraction of sp³-hybridized carbons (Fsp3) is 0.167. The number of ether oxygens (including phenoxy) is 1. The molecule has 0 saturated carbocycles. The average Bonchev–Trinajstić information content (AvgIpc) is 4.33. The van der Waals surface area contributed by atoms with Crippen molar-refractivity contribution in [2.45, 2.75) is 78.6 Å². The standard InChI is InChI=1S/C72H60N4O2/c1-70(2,3)46-33-34-73-67(40-46)76-62-27-16-14-25-55(62)56-31-30-50(42-63(56)76)77-49-20-18-19-48(41-49)74-43-75-68-60(38-47(71(4,5)6)39-61(68)72(7,8)9)54-24-13-11-22-52(54)51-21-10-12-23-53(51)59-36-45(37-64(74)69(59)75)44-29-32-66-58(35-44)57-26-15-17-28-65(57)78-66/h10-42H,1-9H3. The van der Waals surface area contributed by atoms with Crippen LogP contribution in [0.5, 0.6) is 11.5 Å². The molecule has 14 rings (SSSR count). The molecule has 0 N–H and O–H groups in total. The van der Waals surface area contributed by atoms with Gasteiger partial charge in [-0.2, -0.15) is 0 Å². The molecule has 5 heterocycles. The van der Waals surface area contributed by atoms with Crippen LogP contribution in [-0.4, -0.2) is 14.1 Å². The Morgan fingerprint density at radius 2 is 1.10 bits per heavy atom. The lowest BCUT2D eigenvalue weighted by atomic mass is 9.77. The maximum atomic E-state index is 6.99. The predicted octanol–water partition coefficient (Wildman–Crippen LogP) is 18.8. The van der Waals surface area contributed by atoms with E-state index >= 15 is 0 Å². The van der Waals surface area contributed by atoms with Gasteiger partial charge in [-0.1, -0.05) is 178 Å². The third-order valence-corrected chi connectivity index (χ3v) is 16.0. The van der Waals surface area contributed by atoms with Crippen LogP contribution in [0.25, 0.3) is 116 Å². The van der Waals surface area contributed by atoms with Gasteiger partial charge in [-0.15, -0.1) is 0 Å². The molecule has 0 saturated heterocycles. The molecule has 78 heavy (non-hydrogen) atoms. The highest BCUT2D eigenvalue weighted by Gasteiger charge is 2.32. The van der Waals surface area contributed by atoms with Gasteiger partial charge >= 0.3 is 0 Å². The summed E-state index contributed by atoms with van der Waals surface area (Å²) < 4.78 is 20.3. The van der Waals surface area contributed by atoms with E-state index < -0.39 is 0 Å². The van der Waals surface area contributed by atoms with Crippen LogP contribution in [0.3, 0.4) is 0 Å². The number of aromatic nitrogens is 4. The lowest BCUT2D eigenvalue weighted by molar-refractivity contribution is -0.572. The van der Waals surface area contributed by atoms with Gasteiger partial charge in [-0.05, 0) is 150 Å². The number of benzene rings is 9. The zero-order valence-corrected chi connectivity index (χ0v) is 45.7. The molecule has 0 radical (unpaired) electrons. The minimum atomic E-state index is -0.245. The molecule has 0 amide bonds. The maximum absolute atomic E-state index is 6.99. The molecule has 0 bridgehead atoms. The number of pyridine rings is 1. The summed E-state index contributed by atoms with van der Waals surface area (Å²) in [6, 6.07) is 70.3. The van der Waals surface area contributed by atoms with Crippen LogP contribution < -0.4 is 9.30 Å². The van der Waals surface area contributed by atoms with Gasteiger partial charge in [0.15, 0.2) is 0 Å². The van der Waals surface area contributed by atoms with E-state index in [-0.39, 0.29) is 16.2 Å². The van der Waals surface area contributed by atoms with Crippen LogP contribution in [0.15, 0.2) is 205 Å². The van der Waals surface area contributed by atoms with Crippen LogP contribution in [0, 0.1) is 6.33 Å². The molecule has 6 nitrogen and oxygen atoms in total. The number of rotatable bonds is 5. The lowest BCUT2D eigenvalue weighted by Gasteiger charge is -2.30. The van der Waals surface area contributed by atoms with E-state index in [1.165, 1.54) is 44.3 Å². The zero-order valence-electron chi connectivity index (χ0n) is 45.7. The van der Waals surface area contributed by atoms with Gasteiger partial charge < -0.3 is 9.15 Å². The van der Waals surface area contributed by atoms with Gasteiger partial charge in [0.1, 0.15) is 28.5 Å². The van der Waals surface area contributed by atoms with E-state index in [4.69, 9.17) is 14.1 Å². The van der Waals surface area contributed by atoms with E-state index in [9.17, 15) is 0 Å². The first-order valence-corrected chi connectivity index (χ1v) is 27.2. The third kappa shape index (κ3) is 7.68. The van der Waals surface area contributed by atoms with Crippen molar-refractivity contribution < 1.29 is 13.7 Å². The number of nitrogens with zero attached hydrogens (tertiary/aromatic N) is 4. The van der Waals surface area contributed by atoms with Crippen LogP contribution in [0.1, 0.15) is 79.0 Å². The third-order valence-electron chi connectivity index (χ3n) is 16.0. The average molecular weight is 1010 g/mol. The number of imidazole rings is 1. The fourth-order valence-corrected chi connectivity index (χ4v) is 11.9. The highest BCUT2D eigenvalue weighted by atomic mass is 16.5. The minimum absolute atomic E-state index is 0.0377. The largest absolute Gasteiger partial charge is 0.458 e. The summed E-state index contributed by atoms with van der Waals surface area (Å²) in [6.07, 6.45) is 6.01. The van der Waals surface area contributed by atoms with Crippen LogP contribution in [0.2, 0.25) is 0 Å². The minimum Gasteiger partial charge on any atom is -0.458 e. The lowest BCUT2D eigenvalue weighted by Crippen LogP contribution is -2.35. The molecule has 380 valence electrons. The molecular formula is C72H60N4O2. The molecule has 0 spiro atoms. The first-order chi connectivity index (χ1) is 37.5. The van der Waals surface area contributed by atoms with Crippen molar-refractivity contribution in [2.24, 2.45) is 0 Å². The van der Waals surface area contributed by atoms with Crippen molar-refractivity contribution in [1.82, 2.24) is 14.1 Å². The molecule has 0 aliphatic carbocycles. The summed E-state index contributed by atoms with van der Waals surface area (Å²) >= 11 is 0. The van der Waals surface area contributed by atoms with E-state index in [1.54, 1.807) is 0 Å². The molecule has 0 fully saturated rings. The molecule has 9 aromatic carbocycles. The second-order valence-corrected chi connectivity index (χ2v) is 24.3. The molecular weight excluding hydrogens is 953 g/mol. The number of fused-ring (bicyclic) bond motifs is 13. The Bertz CT molecular complexity index is 4600. The number of para-hydroxylation sites is 2. The number of furan rings is 1. The van der Waals surface area contributed by atoms with Gasteiger partial charge in [0.2, 0.25) is 0 Å². The van der Waals surface area contributed by atoms with E-state index in [2.05, 4.69) is 258 Å². The van der Waals surface area contributed by atoms with E-state index in [0.717, 1.165) is 94.6 Å². The summed E-state index contributed by atoms with van der Waals surface area (Å²) in [4.78, 5) is 4.95. The molecule has 0 unspecified atom stereocenters. The van der Waals surface area contributed by atoms with Crippen molar-refractivity contribution in [3.63, 3.8) is 0 Å². The van der Waals surface area contributed by atoms with Crippen LogP contribution in [0.4, 0.5) is 0 Å². The summed E-state index contributed by atoms with van der Waals surface area (Å²) in [6.45, 7) is 20.7. The Hall–Kier alpha value is -9.00. The Labute approximate surface area is 455 Å². The van der Waals surface area contributed by atoms with Gasteiger partial charge in [0.25, 0.3) is 6.33 Å². The second kappa shape index (κ2) is 17.3. The summed E-state index contributed by atoms with van der Waals surface area (Å²) in [5, 5.41) is 4.50. The topological polar surface area (TPSA) is 49.0 Å². The number of hydrogen-bond donors (Lipinski definition) is 0. The van der Waals surface area contributed by atoms with E-state index in [0.29, 0.717) is 5.75 Å². The monoisotopic (exact) mass is 1010 g/mol. The molecule has 13 aromatic rings. The second-order valence-electron chi connectivity index (χ2n) is 24.3. The molecule has 6 heteroatoms. The van der Waals surface area contributed by atoms with E-state index in [1.807, 2.05) is 24.4 Å². The normalized spacial score (nSPS) is 12.7. The maximum Gasteiger partial charge on any atom is 0.269 e. The molecule has 0 atom stereocenters. The smallest absolute Gasteiger partial charge is 0.269 e. The van der Waals surface area contributed by atoms with Crippen molar-refractivity contribution in [3.05, 3.63) is 223 Å². The first kappa shape index (κ1) is 47.5. The zero-order chi connectivity index (χ0) is 53.4. The predicted molar refractivity (Wildman–Crippen MR) is 321 cm³/mol. The Morgan fingerprint density at radius 1 is 0.449 bits per heavy atom. The molecule has 1 aliphatic heterocycles. The SMILES string of the molecule is CC(C)(C)c1ccnc(-n2c3ccccc3c3ccc(Oc4cccc(-n5[c-][n+]6c7c(cc(-c8ccc9oc%10ccccc%10c9c8)cc75)-c5ccccc5-c5ccccc5-c5cc(C(C)(C)C)cc(C(C)(C)C)c5-6)c4)cc32)c1. The van der Waals surface area contributed by atoms with Crippen molar-refractivity contribution in [1.29, 1.82) is 0 Å². The van der Waals surface area contributed by atoms with Gasteiger partial charge in [0.05, 0.1) is 33.4 Å². The van der Waals surface area contributed by atoms with Crippen LogP contribution >= 0.6 is 0 Å². The quantitative estimate of drug-likeness (QED) is 0.127. The number of hydrogen-bond acceptors (Lipinski definition) is 3. The first-order valence-electron chi connectivity index (χ1n) is 27.2. The molecule has 1 aliphatic rings. The summed E-state index contributed by atoms with van der Waals surface area (Å²) in [7, 11) is 0. The van der Waals surface area contributed by atoms with Gasteiger partial charge in [-0.3, -0.25) is 13.7 Å². The summed E-state index contributed by atoms with van der Waals surface area (Å²) in [5.74, 6) is 2.32.